The largest absolute Gasteiger partial charge is 0.481 e. The second-order valence-electron chi connectivity index (χ2n) is 5.03. The molecule has 1 aromatic rings. The first-order valence-electron chi connectivity index (χ1n) is 6.23. The summed E-state index contributed by atoms with van der Waals surface area (Å²) in [5, 5.41) is 8.92. The Morgan fingerprint density at radius 2 is 1.95 bits per heavy atom. The van der Waals surface area contributed by atoms with Crippen LogP contribution in [0.5, 0.6) is 0 Å². The molecule has 1 aliphatic rings. The fraction of sp³-hybridized carbons (Fsp3) is 0.500. The van der Waals surface area contributed by atoms with Crippen LogP contribution in [-0.4, -0.2) is 17.3 Å². The van der Waals surface area contributed by atoms with Gasteiger partial charge in [0.15, 0.2) is 0 Å². The SMILES string of the molecule is O=C(O)CC(c1ccccc1CC(F)(F)F)C1CC1. The number of hydrogen-bond donors (Lipinski definition) is 1. The summed E-state index contributed by atoms with van der Waals surface area (Å²) in [5.74, 6) is -1.04. The van der Waals surface area contributed by atoms with Crippen LogP contribution in [0.25, 0.3) is 0 Å². The van der Waals surface area contributed by atoms with E-state index in [0.29, 0.717) is 5.56 Å². The predicted molar refractivity (Wildman–Crippen MR) is 63.9 cm³/mol. The van der Waals surface area contributed by atoms with Crippen LogP contribution in [0.15, 0.2) is 24.3 Å². The zero-order chi connectivity index (χ0) is 14.0. The van der Waals surface area contributed by atoms with Gasteiger partial charge in [0.25, 0.3) is 0 Å². The van der Waals surface area contributed by atoms with Gasteiger partial charge in [-0.25, -0.2) is 0 Å². The molecular weight excluding hydrogens is 257 g/mol. The van der Waals surface area contributed by atoms with Gasteiger partial charge in [-0.3, -0.25) is 4.79 Å². The summed E-state index contributed by atoms with van der Waals surface area (Å²) in [6, 6.07) is 6.31. The second kappa shape index (κ2) is 5.23. The molecule has 1 aromatic carbocycles. The molecule has 0 aromatic heterocycles. The first-order chi connectivity index (χ1) is 8.87. The molecule has 1 aliphatic carbocycles. The van der Waals surface area contributed by atoms with Crippen LogP contribution >= 0.6 is 0 Å². The first kappa shape index (κ1) is 13.9. The molecule has 1 unspecified atom stereocenters. The Bertz CT molecular complexity index is 464. The number of hydrogen-bond acceptors (Lipinski definition) is 1. The lowest BCUT2D eigenvalue weighted by Gasteiger charge is -2.19. The first-order valence-corrected chi connectivity index (χ1v) is 6.23. The maximum absolute atomic E-state index is 12.5. The number of carboxylic acid groups (broad SMARTS) is 1. The highest BCUT2D eigenvalue weighted by molar-refractivity contribution is 5.68. The molecule has 1 N–H and O–H groups in total. The summed E-state index contributed by atoms with van der Waals surface area (Å²) >= 11 is 0. The number of aliphatic carboxylic acids is 1. The van der Waals surface area contributed by atoms with E-state index in [1.165, 1.54) is 6.07 Å². The van der Waals surface area contributed by atoms with E-state index < -0.39 is 18.6 Å². The van der Waals surface area contributed by atoms with Crippen LogP contribution in [0.1, 0.15) is 36.3 Å². The van der Waals surface area contributed by atoms with E-state index in [1.807, 2.05) is 0 Å². The zero-order valence-corrected chi connectivity index (χ0v) is 10.3. The molecule has 1 saturated carbocycles. The van der Waals surface area contributed by atoms with Gasteiger partial charge in [0, 0.05) is 0 Å². The maximum atomic E-state index is 12.5. The topological polar surface area (TPSA) is 37.3 Å². The number of benzene rings is 1. The van der Waals surface area contributed by atoms with Gasteiger partial charge in [0.1, 0.15) is 0 Å². The lowest BCUT2D eigenvalue weighted by atomic mass is 9.86. The van der Waals surface area contributed by atoms with Crippen molar-refractivity contribution < 1.29 is 23.1 Å². The van der Waals surface area contributed by atoms with Gasteiger partial charge in [-0.2, -0.15) is 13.2 Å². The van der Waals surface area contributed by atoms with Crippen molar-refractivity contribution in [1.29, 1.82) is 0 Å². The predicted octanol–water partition coefficient (Wildman–Crippen LogP) is 3.76. The van der Waals surface area contributed by atoms with Crippen molar-refractivity contribution in [3.8, 4) is 0 Å². The highest BCUT2D eigenvalue weighted by Gasteiger charge is 2.36. The van der Waals surface area contributed by atoms with Gasteiger partial charge in [-0.05, 0) is 35.8 Å². The summed E-state index contributed by atoms with van der Waals surface area (Å²) in [5.41, 5.74) is 0.748. The molecular formula is C14H15F3O2. The van der Waals surface area contributed by atoms with E-state index in [1.54, 1.807) is 18.2 Å². The molecule has 1 fully saturated rings. The molecule has 104 valence electrons. The molecule has 0 spiro atoms. The zero-order valence-electron chi connectivity index (χ0n) is 10.3. The highest BCUT2D eigenvalue weighted by atomic mass is 19.4. The van der Waals surface area contributed by atoms with Crippen molar-refractivity contribution in [2.45, 2.75) is 37.8 Å². The average molecular weight is 272 g/mol. The van der Waals surface area contributed by atoms with Gasteiger partial charge in [-0.15, -0.1) is 0 Å². The average Bonchev–Trinajstić information content (AvgIpc) is 3.08. The highest BCUT2D eigenvalue weighted by Crippen LogP contribution is 2.45. The summed E-state index contributed by atoms with van der Waals surface area (Å²) in [6.45, 7) is 0. The van der Waals surface area contributed by atoms with Gasteiger partial charge in [0.2, 0.25) is 0 Å². The standard InChI is InChI=1S/C14H15F3O2/c15-14(16,17)8-10-3-1-2-4-11(10)12(7-13(18)19)9-5-6-9/h1-4,9,12H,5-8H2,(H,18,19). The second-order valence-corrected chi connectivity index (χ2v) is 5.03. The van der Waals surface area contributed by atoms with Crippen LogP contribution in [0, 0.1) is 5.92 Å². The van der Waals surface area contributed by atoms with E-state index >= 15 is 0 Å². The third-order valence-corrected chi connectivity index (χ3v) is 3.43. The van der Waals surface area contributed by atoms with E-state index in [2.05, 4.69) is 0 Å². The van der Waals surface area contributed by atoms with Crippen LogP contribution in [0.4, 0.5) is 13.2 Å². The van der Waals surface area contributed by atoms with Crippen LogP contribution in [0.2, 0.25) is 0 Å². The Morgan fingerprint density at radius 3 is 2.47 bits per heavy atom. The molecule has 0 heterocycles. The van der Waals surface area contributed by atoms with Crippen LogP contribution in [-0.2, 0) is 11.2 Å². The van der Waals surface area contributed by atoms with Gasteiger partial charge >= 0.3 is 12.1 Å². The minimum atomic E-state index is -4.27. The van der Waals surface area contributed by atoms with Crippen LogP contribution < -0.4 is 0 Å². The smallest absolute Gasteiger partial charge is 0.393 e. The molecule has 0 radical (unpaired) electrons. The van der Waals surface area contributed by atoms with Crippen molar-refractivity contribution in [3.05, 3.63) is 35.4 Å². The summed E-state index contributed by atoms with van der Waals surface area (Å²) in [7, 11) is 0. The quantitative estimate of drug-likeness (QED) is 0.886. The van der Waals surface area contributed by atoms with Crippen molar-refractivity contribution in [2.75, 3.05) is 0 Å². The molecule has 0 bridgehead atoms. The third kappa shape index (κ3) is 3.98. The van der Waals surface area contributed by atoms with Crippen molar-refractivity contribution >= 4 is 5.97 Å². The molecule has 5 heteroatoms. The number of carbonyl (C=O) groups is 1. The summed E-state index contributed by atoms with van der Waals surface area (Å²) in [6.07, 6.45) is -3.56. The Kier molecular flexibility index (Phi) is 3.83. The summed E-state index contributed by atoms with van der Waals surface area (Å²) < 4.78 is 37.6. The monoisotopic (exact) mass is 272 g/mol. The fourth-order valence-corrected chi connectivity index (χ4v) is 2.49. The number of carboxylic acids is 1. The Morgan fingerprint density at radius 1 is 1.32 bits per heavy atom. The normalized spacial score (nSPS) is 17.2. The van der Waals surface area contributed by atoms with E-state index in [-0.39, 0.29) is 23.8 Å². The molecule has 19 heavy (non-hydrogen) atoms. The molecule has 0 saturated heterocycles. The Hall–Kier alpha value is -1.52. The third-order valence-electron chi connectivity index (χ3n) is 3.43. The lowest BCUT2D eigenvalue weighted by Crippen LogP contribution is -2.16. The van der Waals surface area contributed by atoms with E-state index in [4.69, 9.17) is 5.11 Å². The van der Waals surface area contributed by atoms with Crippen molar-refractivity contribution in [3.63, 3.8) is 0 Å². The molecule has 0 aliphatic heterocycles. The Balaban J connectivity index is 2.28. The maximum Gasteiger partial charge on any atom is 0.393 e. The molecule has 2 rings (SSSR count). The lowest BCUT2D eigenvalue weighted by molar-refractivity contribution is -0.137. The van der Waals surface area contributed by atoms with E-state index in [9.17, 15) is 18.0 Å². The van der Waals surface area contributed by atoms with E-state index in [0.717, 1.165) is 12.8 Å². The van der Waals surface area contributed by atoms with Gasteiger partial charge < -0.3 is 5.11 Å². The van der Waals surface area contributed by atoms with Gasteiger partial charge in [0.05, 0.1) is 12.8 Å². The molecule has 2 nitrogen and oxygen atoms in total. The minimum Gasteiger partial charge on any atom is -0.481 e. The minimum absolute atomic E-state index is 0.0977. The van der Waals surface area contributed by atoms with Crippen molar-refractivity contribution in [1.82, 2.24) is 0 Å². The molecule has 1 atom stereocenters. The van der Waals surface area contributed by atoms with Crippen molar-refractivity contribution in [2.24, 2.45) is 5.92 Å². The molecule has 0 amide bonds. The Labute approximate surface area is 109 Å². The number of halogens is 3. The number of alkyl halides is 3. The number of rotatable bonds is 5. The summed E-state index contributed by atoms with van der Waals surface area (Å²) in [4.78, 5) is 10.9. The fourth-order valence-electron chi connectivity index (χ4n) is 2.49. The van der Waals surface area contributed by atoms with Gasteiger partial charge in [-0.1, -0.05) is 24.3 Å². The van der Waals surface area contributed by atoms with Crippen LogP contribution in [0.3, 0.4) is 0 Å².